The normalized spacial score (nSPS) is 14.8. The minimum atomic E-state index is -4.46. The van der Waals surface area contributed by atoms with Crippen LogP contribution in [-0.4, -0.2) is 35.0 Å². The van der Waals surface area contributed by atoms with Crippen LogP contribution in [0.2, 0.25) is 0 Å². The highest BCUT2D eigenvalue weighted by Crippen LogP contribution is 2.30. The lowest BCUT2D eigenvalue weighted by molar-refractivity contribution is -0.137. The van der Waals surface area contributed by atoms with Gasteiger partial charge in [-0.05, 0) is 54.7 Å². The number of carbonyl (C=O) groups is 1. The number of anilines is 2. The monoisotopic (exact) mass is 493 g/mol. The summed E-state index contributed by atoms with van der Waals surface area (Å²) in [5, 5.41) is 6.04. The van der Waals surface area contributed by atoms with Crippen molar-refractivity contribution in [1.29, 1.82) is 0 Å². The van der Waals surface area contributed by atoms with Crippen LogP contribution in [0.15, 0.2) is 48.5 Å². The van der Waals surface area contributed by atoms with Crippen LogP contribution in [0.3, 0.4) is 0 Å². The van der Waals surface area contributed by atoms with Gasteiger partial charge >= 0.3 is 12.2 Å². The number of aromatic nitrogens is 2. The SMILES string of the molecule is O=C(NCC1CCN(c2nc(Cc3ccc(F)cc3)ns2)CC1)Nc1cccc(C(F)(F)F)c1. The average Bonchev–Trinajstić information content (AvgIpc) is 3.28. The van der Waals surface area contributed by atoms with Crippen molar-refractivity contribution in [2.45, 2.75) is 25.4 Å². The van der Waals surface area contributed by atoms with Crippen molar-refractivity contribution in [2.75, 3.05) is 29.9 Å². The Labute approximate surface area is 198 Å². The van der Waals surface area contributed by atoms with E-state index in [1.54, 1.807) is 12.1 Å². The smallest absolute Gasteiger partial charge is 0.347 e. The van der Waals surface area contributed by atoms with Gasteiger partial charge in [0.15, 0.2) is 0 Å². The number of urea groups is 1. The molecule has 4 rings (SSSR count). The molecular formula is C23H23F4N5OS. The molecule has 2 amide bonds. The third-order valence-electron chi connectivity index (χ3n) is 5.62. The van der Waals surface area contributed by atoms with Gasteiger partial charge in [0, 0.05) is 43.3 Å². The molecule has 0 bridgehead atoms. The highest BCUT2D eigenvalue weighted by atomic mass is 32.1. The summed E-state index contributed by atoms with van der Waals surface area (Å²) in [6.07, 6.45) is -2.23. The Kier molecular flexibility index (Phi) is 7.30. The predicted octanol–water partition coefficient (Wildman–Crippen LogP) is 5.32. The lowest BCUT2D eigenvalue weighted by Crippen LogP contribution is -2.39. The van der Waals surface area contributed by atoms with Crippen molar-refractivity contribution in [3.05, 3.63) is 71.3 Å². The van der Waals surface area contributed by atoms with Gasteiger partial charge in [0.1, 0.15) is 11.6 Å². The summed E-state index contributed by atoms with van der Waals surface area (Å²) in [7, 11) is 0. The van der Waals surface area contributed by atoms with Gasteiger partial charge in [0.25, 0.3) is 0 Å². The van der Waals surface area contributed by atoms with E-state index in [4.69, 9.17) is 0 Å². The fourth-order valence-corrected chi connectivity index (χ4v) is 4.48. The van der Waals surface area contributed by atoms with Gasteiger partial charge in [-0.2, -0.15) is 17.5 Å². The molecule has 1 aliphatic rings. The number of alkyl halides is 3. The van der Waals surface area contributed by atoms with Crippen molar-refractivity contribution < 1.29 is 22.4 Å². The second kappa shape index (κ2) is 10.4. The number of piperidine rings is 1. The Balaban J connectivity index is 1.21. The first kappa shape index (κ1) is 23.9. The van der Waals surface area contributed by atoms with Crippen LogP contribution in [0.1, 0.15) is 29.8 Å². The Morgan fingerprint density at radius 3 is 2.56 bits per heavy atom. The zero-order valence-corrected chi connectivity index (χ0v) is 18.9. The molecule has 2 aromatic carbocycles. The first-order chi connectivity index (χ1) is 16.3. The van der Waals surface area contributed by atoms with Crippen LogP contribution in [0.4, 0.5) is 33.2 Å². The number of nitrogens with one attached hydrogen (secondary N) is 2. The number of amides is 2. The molecule has 11 heteroatoms. The van der Waals surface area contributed by atoms with Gasteiger partial charge in [-0.25, -0.2) is 14.2 Å². The Morgan fingerprint density at radius 2 is 1.85 bits per heavy atom. The third-order valence-corrected chi connectivity index (χ3v) is 6.43. The van der Waals surface area contributed by atoms with Crippen LogP contribution >= 0.6 is 11.5 Å². The zero-order valence-electron chi connectivity index (χ0n) is 18.1. The molecule has 2 heterocycles. The lowest BCUT2D eigenvalue weighted by atomic mass is 9.97. The van der Waals surface area contributed by atoms with Crippen molar-refractivity contribution in [2.24, 2.45) is 5.92 Å². The molecule has 1 aromatic heterocycles. The van der Waals surface area contributed by atoms with Crippen LogP contribution in [0.5, 0.6) is 0 Å². The molecule has 1 aliphatic heterocycles. The molecule has 34 heavy (non-hydrogen) atoms. The second-order valence-electron chi connectivity index (χ2n) is 8.14. The summed E-state index contributed by atoms with van der Waals surface area (Å²) in [4.78, 5) is 18.9. The molecule has 0 saturated carbocycles. The lowest BCUT2D eigenvalue weighted by Gasteiger charge is -2.31. The topological polar surface area (TPSA) is 70.2 Å². The summed E-state index contributed by atoms with van der Waals surface area (Å²) >= 11 is 1.33. The van der Waals surface area contributed by atoms with Crippen molar-refractivity contribution in [1.82, 2.24) is 14.7 Å². The number of hydrogen-bond acceptors (Lipinski definition) is 5. The molecule has 6 nitrogen and oxygen atoms in total. The molecule has 1 fully saturated rings. The predicted molar refractivity (Wildman–Crippen MR) is 123 cm³/mol. The van der Waals surface area contributed by atoms with Crippen LogP contribution in [0.25, 0.3) is 0 Å². The Hall–Kier alpha value is -3.21. The van der Waals surface area contributed by atoms with E-state index in [9.17, 15) is 22.4 Å². The van der Waals surface area contributed by atoms with E-state index in [1.807, 2.05) is 0 Å². The zero-order chi connectivity index (χ0) is 24.1. The van der Waals surface area contributed by atoms with E-state index in [1.165, 1.54) is 35.8 Å². The molecule has 1 saturated heterocycles. The number of nitrogens with zero attached hydrogens (tertiary/aromatic N) is 3. The minimum absolute atomic E-state index is 0.0925. The average molecular weight is 494 g/mol. The van der Waals surface area contributed by atoms with E-state index >= 15 is 0 Å². The fourth-order valence-electron chi connectivity index (χ4n) is 3.74. The fraction of sp³-hybridized carbons (Fsp3) is 0.348. The van der Waals surface area contributed by atoms with Gasteiger partial charge in [-0.15, -0.1) is 0 Å². The van der Waals surface area contributed by atoms with E-state index in [0.29, 0.717) is 18.8 Å². The summed E-state index contributed by atoms with van der Waals surface area (Å²) in [5.41, 5.74) is 0.226. The molecule has 2 N–H and O–H groups in total. The maximum Gasteiger partial charge on any atom is 0.416 e. The third kappa shape index (κ3) is 6.43. The van der Waals surface area contributed by atoms with Crippen LogP contribution in [0, 0.1) is 11.7 Å². The van der Waals surface area contributed by atoms with Gasteiger partial charge in [-0.1, -0.05) is 18.2 Å². The van der Waals surface area contributed by atoms with E-state index in [2.05, 4.69) is 24.9 Å². The highest BCUT2D eigenvalue weighted by Gasteiger charge is 2.30. The molecule has 0 spiro atoms. The van der Waals surface area contributed by atoms with E-state index < -0.39 is 17.8 Å². The summed E-state index contributed by atoms with van der Waals surface area (Å²) in [5.74, 6) is 0.679. The van der Waals surface area contributed by atoms with Gasteiger partial charge < -0.3 is 15.5 Å². The highest BCUT2D eigenvalue weighted by molar-refractivity contribution is 7.09. The minimum Gasteiger partial charge on any atom is -0.347 e. The summed E-state index contributed by atoms with van der Waals surface area (Å²) in [6, 6.07) is 10.3. The molecule has 0 aliphatic carbocycles. The van der Waals surface area contributed by atoms with Crippen LogP contribution < -0.4 is 15.5 Å². The molecule has 3 aromatic rings. The number of benzene rings is 2. The summed E-state index contributed by atoms with van der Waals surface area (Å²) < 4.78 is 55.9. The molecule has 0 radical (unpaired) electrons. The van der Waals surface area contributed by atoms with Crippen molar-refractivity contribution in [3.8, 4) is 0 Å². The largest absolute Gasteiger partial charge is 0.416 e. The van der Waals surface area contributed by atoms with Crippen LogP contribution in [-0.2, 0) is 12.6 Å². The molecule has 180 valence electrons. The maximum absolute atomic E-state index is 13.1. The van der Waals surface area contributed by atoms with Crippen molar-refractivity contribution >= 4 is 28.4 Å². The Bertz CT molecular complexity index is 1110. The molecule has 0 atom stereocenters. The summed E-state index contributed by atoms with van der Waals surface area (Å²) in [6.45, 7) is 1.98. The van der Waals surface area contributed by atoms with E-state index in [0.717, 1.165) is 48.8 Å². The quantitative estimate of drug-likeness (QED) is 0.456. The first-order valence-corrected chi connectivity index (χ1v) is 11.6. The number of halogens is 4. The standard InChI is InChI=1S/C23H23F4N5OS/c24-18-6-4-15(5-7-18)12-20-30-22(34-31-20)32-10-8-16(9-11-32)14-28-21(33)29-19-3-1-2-17(13-19)23(25,26)27/h1-7,13,16H,8-12,14H2,(H2,28,29,33). The second-order valence-corrected chi connectivity index (χ2v) is 8.87. The molecular weight excluding hydrogens is 470 g/mol. The number of rotatable bonds is 6. The van der Waals surface area contributed by atoms with Gasteiger partial charge in [-0.3, -0.25) is 0 Å². The van der Waals surface area contributed by atoms with Gasteiger partial charge in [0.05, 0.1) is 5.56 Å². The first-order valence-electron chi connectivity index (χ1n) is 10.8. The van der Waals surface area contributed by atoms with Gasteiger partial charge in [0.2, 0.25) is 5.13 Å². The molecule has 0 unspecified atom stereocenters. The maximum atomic E-state index is 13.1. The Morgan fingerprint density at radius 1 is 1.12 bits per heavy atom. The number of hydrogen-bond donors (Lipinski definition) is 2. The number of carbonyl (C=O) groups excluding carboxylic acids is 1. The van der Waals surface area contributed by atoms with E-state index in [-0.39, 0.29) is 17.4 Å². The van der Waals surface area contributed by atoms with Crippen molar-refractivity contribution in [3.63, 3.8) is 0 Å².